The lowest BCUT2D eigenvalue weighted by molar-refractivity contribution is -0.139. The number of hydrogen-bond donors (Lipinski definition) is 2. The van der Waals surface area contributed by atoms with E-state index in [2.05, 4.69) is 15.6 Å². The molecule has 0 bridgehead atoms. The average molecular weight is 429 g/mol. The van der Waals surface area contributed by atoms with E-state index in [-0.39, 0.29) is 18.5 Å². The van der Waals surface area contributed by atoms with Gasteiger partial charge in [-0.2, -0.15) is 13.2 Å². The van der Waals surface area contributed by atoms with Gasteiger partial charge in [-0.25, -0.2) is 0 Å². The van der Waals surface area contributed by atoms with E-state index < -0.39 is 17.2 Å². The molecule has 1 aliphatic carbocycles. The van der Waals surface area contributed by atoms with Crippen LogP contribution in [0.2, 0.25) is 0 Å². The summed E-state index contributed by atoms with van der Waals surface area (Å²) in [5.41, 5.74) is 1.09. The molecule has 0 saturated heterocycles. The number of nitrogens with zero attached hydrogens (tertiary/aromatic N) is 2. The van der Waals surface area contributed by atoms with Gasteiger partial charge in [-0.3, -0.25) is 0 Å². The maximum absolute atomic E-state index is 13.6. The zero-order chi connectivity index (χ0) is 21.9. The van der Waals surface area contributed by atoms with Crippen LogP contribution in [0.4, 0.5) is 18.9 Å². The highest BCUT2D eigenvalue weighted by Gasteiger charge is 2.45. The second-order valence-corrected chi connectivity index (χ2v) is 7.83. The van der Waals surface area contributed by atoms with Crippen molar-refractivity contribution in [3.8, 4) is 11.3 Å². The van der Waals surface area contributed by atoms with Gasteiger partial charge < -0.3 is 15.0 Å². The smallest absolute Gasteiger partial charge is 0.411 e. The number of anilines is 1. The third-order valence-electron chi connectivity index (χ3n) is 5.90. The minimum atomic E-state index is -4.42. The quantitative estimate of drug-likeness (QED) is 0.270. The van der Waals surface area contributed by atoms with Crippen LogP contribution in [0.5, 0.6) is 0 Å². The van der Waals surface area contributed by atoms with Crippen LogP contribution in [0.1, 0.15) is 36.8 Å². The van der Waals surface area contributed by atoms with E-state index in [1.165, 1.54) is 6.07 Å². The predicted octanol–water partition coefficient (Wildman–Crippen LogP) is 6.11. The SMILES string of the molecule is O/N=C(\CNc1ccc(-c2ccno2)cc1)CC1(c2ccccc2C(F)(F)F)CCC1. The van der Waals surface area contributed by atoms with Gasteiger partial charge in [-0.15, -0.1) is 0 Å². The predicted molar refractivity (Wildman–Crippen MR) is 111 cm³/mol. The molecule has 1 heterocycles. The number of nitrogens with one attached hydrogen (secondary N) is 1. The van der Waals surface area contributed by atoms with Crippen molar-refractivity contribution in [2.24, 2.45) is 5.16 Å². The number of halogens is 3. The van der Waals surface area contributed by atoms with Crippen molar-refractivity contribution < 1.29 is 22.9 Å². The molecule has 1 aliphatic rings. The Morgan fingerprint density at radius 3 is 2.42 bits per heavy atom. The van der Waals surface area contributed by atoms with Crippen LogP contribution in [0.25, 0.3) is 11.3 Å². The van der Waals surface area contributed by atoms with E-state index in [1.54, 1.807) is 24.4 Å². The highest BCUT2D eigenvalue weighted by atomic mass is 19.4. The van der Waals surface area contributed by atoms with Gasteiger partial charge in [0.05, 0.1) is 24.0 Å². The van der Waals surface area contributed by atoms with Gasteiger partial charge in [-0.05, 0) is 48.7 Å². The van der Waals surface area contributed by atoms with Crippen molar-refractivity contribution in [1.29, 1.82) is 0 Å². The van der Waals surface area contributed by atoms with E-state index in [4.69, 9.17) is 4.52 Å². The molecular formula is C23H22F3N3O2. The summed E-state index contributed by atoms with van der Waals surface area (Å²) in [7, 11) is 0. The van der Waals surface area contributed by atoms with Crippen molar-refractivity contribution in [1.82, 2.24) is 5.16 Å². The molecule has 0 atom stereocenters. The van der Waals surface area contributed by atoms with Gasteiger partial charge in [0.25, 0.3) is 0 Å². The Morgan fingerprint density at radius 2 is 1.84 bits per heavy atom. The highest BCUT2D eigenvalue weighted by molar-refractivity contribution is 5.89. The van der Waals surface area contributed by atoms with Gasteiger partial charge in [0.1, 0.15) is 0 Å². The molecule has 0 aliphatic heterocycles. The minimum absolute atomic E-state index is 0.230. The first-order valence-corrected chi connectivity index (χ1v) is 10.0. The third-order valence-corrected chi connectivity index (χ3v) is 5.90. The fourth-order valence-electron chi connectivity index (χ4n) is 4.18. The summed E-state index contributed by atoms with van der Waals surface area (Å²) in [4.78, 5) is 0. The molecule has 2 N–H and O–H groups in total. The second-order valence-electron chi connectivity index (χ2n) is 7.83. The fourth-order valence-corrected chi connectivity index (χ4v) is 4.18. The molecule has 2 aromatic carbocycles. The van der Waals surface area contributed by atoms with Crippen molar-refractivity contribution >= 4 is 11.4 Å². The Kier molecular flexibility index (Phi) is 5.71. The molecule has 1 saturated carbocycles. The molecule has 3 aromatic rings. The number of hydrogen-bond acceptors (Lipinski definition) is 5. The normalized spacial score (nSPS) is 16.0. The lowest BCUT2D eigenvalue weighted by Gasteiger charge is -2.44. The first-order chi connectivity index (χ1) is 14.9. The maximum atomic E-state index is 13.6. The van der Waals surface area contributed by atoms with E-state index in [1.807, 2.05) is 24.3 Å². The first kappa shape index (κ1) is 21.0. The zero-order valence-electron chi connectivity index (χ0n) is 16.7. The number of benzene rings is 2. The van der Waals surface area contributed by atoms with Crippen LogP contribution in [0, 0.1) is 0 Å². The van der Waals surface area contributed by atoms with Gasteiger partial charge in [0, 0.05) is 29.2 Å². The number of rotatable bonds is 7. The van der Waals surface area contributed by atoms with Crippen LogP contribution in [0.15, 0.2) is 70.5 Å². The summed E-state index contributed by atoms with van der Waals surface area (Å²) < 4.78 is 45.8. The summed E-state index contributed by atoms with van der Waals surface area (Å²) in [5, 5.41) is 19.8. The maximum Gasteiger partial charge on any atom is 0.416 e. The molecule has 1 fully saturated rings. The summed E-state index contributed by atoms with van der Waals surface area (Å²) in [6.07, 6.45) is -0.477. The molecule has 0 amide bonds. The topological polar surface area (TPSA) is 70.7 Å². The van der Waals surface area contributed by atoms with Gasteiger partial charge in [0.2, 0.25) is 0 Å². The van der Waals surface area contributed by atoms with E-state index in [0.717, 1.165) is 23.7 Å². The Bertz CT molecular complexity index is 1040. The van der Waals surface area contributed by atoms with E-state index in [0.29, 0.717) is 24.3 Å². The summed E-state index contributed by atoms with van der Waals surface area (Å²) in [6.45, 7) is 0.230. The van der Waals surface area contributed by atoms with Crippen molar-refractivity contribution in [3.63, 3.8) is 0 Å². The number of oxime groups is 1. The Morgan fingerprint density at radius 1 is 1.10 bits per heavy atom. The Hall–Kier alpha value is -3.29. The molecule has 8 heteroatoms. The minimum Gasteiger partial charge on any atom is -0.411 e. The molecule has 31 heavy (non-hydrogen) atoms. The van der Waals surface area contributed by atoms with Crippen LogP contribution < -0.4 is 5.32 Å². The van der Waals surface area contributed by atoms with Gasteiger partial charge in [-0.1, -0.05) is 34.9 Å². The van der Waals surface area contributed by atoms with Crippen molar-refractivity contribution in [2.45, 2.75) is 37.3 Å². The molecule has 4 rings (SSSR count). The van der Waals surface area contributed by atoms with Crippen LogP contribution in [0.3, 0.4) is 0 Å². The second kappa shape index (κ2) is 8.45. The molecule has 0 unspecified atom stereocenters. The largest absolute Gasteiger partial charge is 0.416 e. The van der Waals surface area contributed by atoms with Crippen LogP contribution in [-0.2, 0) is 11.6 Å². The average Bonchev–Trinajstić information content (AvgIpc) is 3.28. The molecule has 0 spiro atoms. The molecule has 162 valence electrons. The summed E-state index contributed by atoms with van der Waals surface area (Å²) >= 11 is 0. The van der Waals surface area contributed by atoms with Crippen LogP contribution in [-0.4, -0.2) is 22.6 Å². The Labute approximate surface area is 177 Å². The zero-order valence-corrected chi connectivity index (χ0v) is 16.7. The number of alkyl halides is 3. The van der Waals surface area contributed by atoms with Gasteiger partial charge in [0.15, 0.2) is 5.76 Å². The van der Waals surface area contributed by atoms with E-state index >= 15 is 0 Å². The molecule has 5 nitrogen and oxygen atoms in total. The van der Waals surface area contributed by atoms with Crippen LogP contribution >= 0.6 is 0 Å². The molecule has 0 radical (unpaired) electrons. The monoisotopic (exact) mass is 429 g/mol. The summed E-state index contributed by atoms with van der Waals surface area (Å²) in [5.74, 6) is 0.652. The van der Waals surface area contributed by atoms with E-state index in [9.17, 15) is 18.4 Å². The van der Waals surface area contributed by atoms with Gasteiger partial charge >= 0.3 is 6.18 Å². The lowest BCUT2D eigenvalue weighted by atomic mass is 9.60. The van der Waals surface area contributed by atoms with Crippen molar-refractivity contribution in [3.05, 3.63) is 71.9 Å². The fraction of sp³-hybridized carbons (Fsp3) is 0.304. The highest BCUT2D eigenvalue weighted by Crippen LogP contribution is 2.50. The first-order valence-electron chi connectivity index (χ1n) is 10.0. The van der Waals surface area contributed by atoms with Crippen molar-refractivity contribution in [2.75, 3.05) is 11.9 Å². The number of aromatic nitrogens is 1. The lowest BCUT2D eigenvalue weighted by Crippen LogP contribution is -2.39. The Balaban J connectivity index is 1.46. The molecular weight excluding hydrogens is 407 g/mol. The third kappa shape index (κ3) is 4.42. The standard InChI is InChI=1S/C23H22F3N3O2/c24-23(25,26)20-5-2-1-4-19(20)22(11-3-12-22)14-18(29-30)15-27-17-8-6-16(7-9-17)21-10-13-28-31-21/h1-2,4-10,13,27,30H,3,11-12,14-15H2/b29-18-. The summed E-state index contributed by atoms with van der Waals surface area (Å²) in [6, 6.07) is 14.9. The molecule has 1 aromatic heterocycles.